The minimum atomic E-state index is -2.25. The molecule has 0 aliphatic heterocycles. The first-order valence-electron chi connectivity index (χ1n) is 16.0. The van der Waals surface area contributed by atoms with Crippen LogP contribution in [0.3, 0.4) is 0 Å². The minimum absolute atomic E-state index is 0.0176. The number of hydrogen-bond acceptors (Lipinski definition) is 5. The fourth-order valence-electron chi connectivity index (χ4n) is 4.42. The van der Waals surface area contributed by atoms with Gasteiger partial charge in [0.25, 0.3) is 0 Å². The molecule has 6 nitrogen and oxygen atoms in total. The van der Waals surface area contributed by atoms with Crippen LogP contribution in [0.15, 0.2) is 36.4 Å². The number of benzene rings is 1. The van der Waals surface area contributed by atoms with Gasteiger partial charge in [0.1, 0.15) is 5.69 Å². The summed E-state index contributed by atoms with van der Waals surface area (Å²) >= 11 is 0. The van der Waals surface area contributed by atoms with E-state index in [9.17, 15) is 14.7 Å². The molecule has 0 amide bonds. The van der Waals surface area contributed by atoms with Crippen LogP contribution in [0.2, 0.25) is 36.3 Å². The standard InChI is InChI=1S/C35H57NO5Si2/c1-12-13-14-20-29(37)33-28-19-16-15-18-26(28)25-27(36-33)23-24-31(41-43(10,11)35(5,6)7)30(21-17-22-32(38)39)40-42(8,9)34(2,3)4/h15-16,18-19,23-25,30-31H,12-14,17,20-22H2,1-11H3,(H,38,39). The molecule has 1 aromatic heterocycles. The van der Waals surface area contributed by atoms with Crippen molar-refractivity contribution < 1.29 is 23.5 Å². The second-order valence-electron chi connectivity index (χ2n) is 14.9. The lowest BCUT2D eigenvalue weighted by atomic mass is 10.0. The van der Waals surface area contributed by atoms with Crippen molar-refractivity contribution in [2.24, 2.45) is 0 Å². The first-order valence-corrected chi connectivity index (χ1v) is 21.8. The molecule has 240 valence electrons. The normalized spacial score (nSPS) is 14.8. The molecule has 2 aromatic rings. The maximum absolute atomic E-state index is 13.3. The van der Waals surface area contributed by atoms with Crippen LogP contribution in [0.5, 0.6) is 0 Å². The van der Waals surface area contributed by atoms with Gasteiger partial charge in [0, 0.05) is 18.2 Å². The predicted molar refractivity (Wildman–Crippen MR) is 185 cm³/mol. The number of carbonyl (C=O) groups is 2. The highest BCUT2D eigenvalue weighted by molar-refractivity contribution is 6.74. The topological polar surface area (TPSA) is 85.7 Å². The van der Waals surface area contributed by atoms with Crippen LogP contribution in [-0.2, 0) is 13.6 Å². The van der Waals surface area contributed by atoms with Crippen LogP contribution >= 0.6 is 0 Å². The van der Waals surface area contributed by atoms with Gasteiger partial charge in [0.2, 0.25) is 0 Å². The first-order chi connectivity index (χ1) is 19.8. The van der Waals surface area contributed by atoms with Crippen molar-refractivity contribution in [3.05, 3.63) is 47.8 Å². The number of unbranched alkanes of at least 4 members (excludes halogenated alkanes) is 2. The molecule has 0 saturated heterocycles. The third kappa shape index (κ3) is 10.8. The molecule has 2 atom stereocenters. The lowest BCUT2D eigenvalue weighted by molar-refractivity contribution is -0.137. The van der Waals surface area contributed by atoms with E-state index in [1.165, 1.54) is 0 Å². The number of carboxylic acid groups (broad SMARTS) is 1. The van der Waals surface area contributed by atoms with E-state index in [0.717, 1.165) is 30.0 Å². The Labute approximate surface area is 262 Å². The van der Waals surface area contributed by atoms with Crippen molar-refractivity contribution in [1.82, 2.24) is 4.98 Å². The average molecular weight is 628 g/mol. The highest BCUT2D eigenvalue weighted by Crippen LogP contribution is 2.41. The number of rotatable bonds is 16. The van der Waals surface area contributed by atoms with Crippen LogP contribution in [0.4, 0.5) is 0 Å². The van der Waals surface area contributed by atoms with Gasteiger partial charge in [-0.3, -0.25) is 9.59 Å². The number of Topliss-reactive ketones (excluding diaryl/α,β-unsaturated/α-hetero) is 1. The number of pyridine rings is 1. The molecule has 0 spiro atoms. The van der Waals surface area contributed by atoms with E-state index in [4.69, 9.17) is 13.8 Å². The van der Waals surface area contributed by atoms with Crippen molar-refractivity contribution in [3.8, 4) is 0 Å². The fraction of sp³-hybridized carbons (Fsp3) is 0.629. The van der Waals surface area contributed by atoms with Gasteiger partial charge in [0.05, 0.1) is 17.9 Å². The highest BCUT2D eigenvalue weighted by atomic mass is 28.4. The van der Waals surface area contributed by atoms with E-state index in [1.807, 2.05) is 42.5 Å². The molecule has 1 heterocycles. The summed E-state index contributed by atoms with van der Waals surface area (Å²) in [6.07, 6.45) is 7.91. The smallest absolute Gasteiger partial charge is 0.303 e. The number of nitrogens with zero attached hydrogens (tertiary/aromatic N) is 1. The number of carboxylic acids is 1. The molecule has 0 radical (unpaired) electrons. The number of carbonyl (C=O) groups excluding carboxylic acids is 1. The Bertz CT molecular complexity index is 1260. The summed E-state index contributed by atoms with van der Waals surface area (Å²) in [6, 6.07) is 9.95. The van der Waals surface area contributed by atoms with Crippen molar-refractivity contribution >= 4 is 45.2 Å². The molecule has 0 saturated carbocycles. The molecule has 2 unspecified atom stereocenters. The molecular formula is C35H57NO5Si2. The van der Waals surface area contributed by atoms with Gasteiger partial charge < -0.3 is 14.0 Å². The largest absolute Gasteiger partial charge is 0.481 e. The molecule has 0 aliphatic rings. The van der Waals surface area contributed by atoms with Crippen LogP contribution in [0.25, 0.3) is 16.8 Å². The van der Waals surface area contributed by atoms with Crippen molar-refractivity contribution in [1.29, 1.82) is 0 Å². The molecule has 2 rings (SSSR count). The van der Waals surface area contributed by atoms with Crippen molar-refractivity contribution in [2.45, 2.75) is 142 Å². The summed E-state index contributed by atoms with van der Waals surface area (Å²) < 4.78 is 14.0. The van der Waals surface area contributed by atoms with Gasteiger partial charge in [-0.25, -0.2) is 4.98 Å². The number of hydrogen-bond donors (Lipinski definition) is 1. The third-order valence-corrected chi connectivity index (χ3v) is 18.2. The Morgan fingerprint density at radius 2 is 1.51 bits per heavy atom. The molecule has 1 N–H and O–H groups in total. The SMILES string of the molecule is CCCCCC(=O)c1nc(C=CC(O[Si](C)(C)C(C)(C)C)C(CCCC(=O)O)O[Si](C)(C)C(C)(C)C)cc2ccccc12. The summed E-state index contributed by atoms with van der Waals surface area (Å²) in [6.45, 7) is 24.3. The zero-order valence-corrected chi connectivity index (χ0v) is 30.7. The lowest BCUT2D eigenvalue weighted by Gasteiger charge is -2.44. The van der Waals surface area contributed by atoms with Crippen LogP contribution in [0, 0.1) is 0 Å². The Hall–Kier alpha value is -2.14. The Morgan fingerprint density at radius 3 is 2.09 bits per heavy atom. The fourth-order valence-corrected chi connectivity index (χ4v) is 7.05. The van der Waals surface area contributed by atoms with Gasteiger partial charge in [-0.05, 0) is 73.1 Å². The molecule has 0 aliphatic carbocycles. The third-order valence-electron chi connectivity index (χ3n) is 9.22. The maximum atomic E-state index is 13.3. The maximum Gasteiger partial charge on any atom is 0.303 e. The zero-order valence-electron chi connectivity index (χ0n) is 28.7. The molecule has 0 fully saturated rings. The number of fused-ring (bicyclic) bond motifs is 1. The van der Waals surface area contributed by atoms with Crippen LogP contribution in [-0.4, -0.2) is 50.7 Å². The predicted octanol–water partition coefficient (Wildman–Crippen LogP) is 10.0. The van der Waals surface area contributed by atoms with Gasteiger partial charge in [-0.1, -0.05) is 91.6 Å². The number of ketones is 1. The van der Waals surface area contributed by atoms with Crippen LogP contribution < -0.4 is 0 Å². The van der Waals surface area contributed by atoms with E-state index in [0.29, 0.717) is 30.7 Å². The zero-order chi connectivity index (χ0) is 32.6. The van der Waals surface area contributed by atoms with Gasteiger partial charge in [0.15, 0.2) is 22.4 Å². The van der Waals surface area contributed by atoms with Crippen molar-refractivity contribution in [3.63, 3.8) is 0 Å². The van der Waals surface area contributed by atoms with E-state index in [2.05, 4.69) is 74.7 Å². The quantitative estimate of drug-likeness (QED) is 0.113. The molecule has 1 aromatic carbocycles. The lowest BCUT2D eigenvalue weighted by Crippen LogP contribution is -2.51. The highest BCUT2D eigenvalue weighted by Gasteiger charge is 2.44. The Morgan fingerprint density at radius 1 is 0.907 bits per heavy atom. The van der Waals surface area contributed by atoms with Crippen LogP contribution in [0.1, 0.15) is 110 Å². The van der Waals surface area contributed by atoms with E-state index >= 15 is 0 Å². The second-order valence-corrected chi connectivity index (χ2v) is 24.4. The van der Waals surface area contributed by atoms with E-state index in [-0.39, 0.29) is 34.5 Å². The first kappa shape index (κ1) is 37.1. The molecular weight excluding hydrogens is 571 g/mol. The van der Waals surface area contributed by atoms with E-state index < -0.39 is 22.6 Å². The van der Waals surface area contributed by atoms with Gasteiger partial charge >= 0.3 is 5.97 Å². The average Bonchev–Trinajstić information content (AvgIpc) is 2.88. The summed E-state index contributed by atoms with van der Waals surface area (Å²) in [5.74, 6) is -0.734. The molecule has 8 heteroatoms. The van der Waals surface area contributed by atoms with Crippen molar-refractivity contribution in [2.75, 3.05) is 0 Å². The van der Waals surface area contributed by atoms with E-state index in [1.54, 1.807) is 0 Å². The summed E-state index contributed by atoms with van der Waals surface area (Å²) in [7, 11) is -4.47. The van der Waals surface area contributed by atoms with Gasteiger partial charge in [-0.2, -0.15) is 0 Å². The Balaban J connectivity index is 2.61. The summed E-state index contributed by atoms with van der Waals surface area (Å²) in [5.41, 5.74) is 1.23. The number of aliphatic carboxylic acids is 1. The summed E-state index contributed by atoms with van der Waals surface area (Å²) in [4.78, 5) is 29.6. The minimum Gasteiger partial charge on any atom is -0.481 e. The summed E-state index contributed by atoms with van der Waals surface area (Å²) in [5, 5.41) is 11.2. The number of aromatic nitrogens is 1. The molecule has 0 bridgehead atoms. The monoisotopic (exact) mass is 627 g/mol. The second kappa shape index (κ2) is 15.2. The van der Waals surface area contributed by atoms with Gasteiger partial charge in [-0.15, -0.1) is 0 Å². The molecule has 43 heavy (non-hydrogen) atoms. The Kier molecular flexibility index (Phi) is 13.1.